The van der Waals surface area contributed by atoms with Crippen molar-refractivity contribution < 1.29 is 9.90 Å². The van der Waals surface area contributed by atoms with Crippen molar-refractivity contribution in [2.24, 2.45) is 5.10 Å². The van der Waals surface area contributed by atoms with Gasteiger partial charge in [0.25, 0.3) is 0 Å². The van der Waals surface area contributed by atoms with Crippen molar-refractivity contribution in [1.82, 2.24) is 0 Å². The van der Waals surface area contributed by atoms with Crippen LogP contribution in [0.5, 0.6) is 0 Å². The number of carboxylic acid groups (broad SMARTS) is 1. The summed E-state index contributed by atoms with van der Waals surface area (Å²) < 4.78 is 0. The third kappa shape index (κ3) is 3.06. The van der Waals surface area contributed by atoms with Gasteiger partial charge in [-0.1, -0.05) is 11.6 Å². The summed E-state index contributed by atoms with van der Waals surface area (Å²) in [7, 11) is 0. The van der Waals surface area contributed by atoms with Crippen LogP contribution in [0.3, 0.4) is 0 Å². The van der Waals surface area contributed by atoms with Gasteiger partial charge in [0.2, 0.25) is 0 Å². The van der Waals surface area contributed by atoms with Gasteiger partial charge in [-0.15, -0.1) is 0 Å². The molecule has 0 unspecified atom stereocenters. The van der Waals surface area contributed by atoms with E-state index in [1.807, 2.05) is 0 Å². The van der Waals surface area contributed by atoms with Crippen LogP contribution in [0.15, 0.2) is 29.4 Å². The van der Waals surface area contributed by atoms with Crippen LogP contribution in [0.25, 0.3) is 0 Å². The average Bonchev–Trinajstić information content (AvgIpc) is 2.16. The first-order valence-electron chi connectivity index (χ1n) is 3.89. The maximum absolute atomic E-state index is 10.4. The number of benzene rings is 1. The lowest BCUT2D eigenvalue weighted by Gasteiger charge is -2.00. The average molecular weight is 213 g/mol. The number of nitrogens with zero attached hydrogens (tertiary/aromatic N) is 1. The summed E-state index contributed by atoms with van der Waals surface area (Å²) in [6, 6.07) is 6.80. The van der Waals surface area contributed by atoms with Crippen molar-refractivity contribution in [3.05, 3.63) is 29.3 Å². The first-order chi connectivity index (χ1) is 6.59. The number of halogens is 1. The normalized spacial score (nSPS) is 11.1. The molecule has 14 heavy (non-hydrogen) atoms. The Morgan fingerprint density at radius 1 is 1.43 bits per heavy atom. The predicted octanol–water partition coefficient (Wildman–Crippen LogP) is 2.21. The summed E-state index contributed by atoms with van der Waals surface area (Å²) >= 11 is 5.67. The number of nitrogens with one attached hydrogen (secondary N) is 1. The second-order valence-electron chi connectivity index (χ2n) is 2.62. The van der Waals surface area contributed by atoms with Crippen LogP contribution < -0.4 is 5.43 Å². The van der Waals surface area contributed by atoms with Gasteiger partial charge in [-0.05, 0) is 31.2 Å². The Kier molecular flexibility index (Phi) is 3.48. The molecule has 0 saturated carbocycles. The van der Waals surface area contributed by atoms with E-state index >= 15 is 0 Å². The molecule has 4 nitrogen and oxygen atoms in total. The fraction of sp³-hybridized carbons (Fsp3) is 0.111. The summed E-state index contributed by atoms with van der Waals surface area (Å²) in [5.41, 5.74) is 3.29. The van der Waals surface area contributed by atoms with E-state index < -0.39 is 5.97 Å². The van der Waals surface area contributed by atoms with Gasteiger partial charge in [-0.3, -0.25) is 5.43 Å². The molecule has 0 amide bonds. The molecular formula is C9H9ClN2O2. The van der Waals surface area contributed by atoms with E-state index in [0.29, 0.717) is 10.7 Å². The molecule has 0 aromatic heterocycles. The third-order valence-corrected chi connectivity index (χ3v) is 1.76. The zero-order chi connectivity index (χ0) is 10.6. The molecule has 0 bridgehead atoms. The van der Waals surface area contributed by atoms with Crippen LogP contribution in [0.1, 0.15) is 6.92 Å². The largest absolute Gasteiger partial charge is 0.477 e. The zero-order valence-corrected chi connectivity index (χ0v) is 8.25. The van der Waals surface area contributed by atoms with Crippen molar-refractivity contribution in [1.29, 1.82) is 0 Å². The van der Waals surface area contributed by atoms with Crippen LogP contribution in [-0.2, 0) is 4.79 Å². The second kappa shape index (κ2) is 4.62. The van der Waals surface area contributed by atoms with Gasteiger partial charge in [0.15, 0.2) is 0 Å². The molecule has 0 heterocycles. The number of aliphatic carboxylic acids is 1. The maximum Gasteiger partial charge on any atom is 0.351 e. The third-order valence-electron chi connectivity index (χ3n) is 1.51. The monoisotopic (exact) mass is 212 g/mol. The van der Waals surface area contributed by atoms with Crippen LogP contribution in [0.2, 0.25) is 5.02 Å². The Balaban J connectivity index is 2.66. The summed E-state index contributed by atoms with van der Waals surface area (Å²) in [6.45, 7) is 1.41. The number of hydrogen-bond acceptors (Lipinski definition) is 3. The molecule has 0 radical (unpaired) electrons. The van der Waals surface area contributed by atoms with E-state index in [1.165, 1.54) is 6.92 Å². The van der Waals surface area contributed by atoms with Gasteiger partial charge >= 0.3 is 5.97 Å². The number of hydrogen-bond donors (Lipinski definition) is 2. The fourth-order valence-corrected chi connectivity index (χ4v) is 0.847. The smallest absolute Gasteiger partial charge is 0.351 e. The fourth-order valence-electron chi connectivity index (χ4n) is 0.721. The van der Waals surface area contributed by atoms with Crippen molar-refractivity contribution in [2.75, 3.05) is 5.43 Å². The molecule has 74 valence electrons. The van der Waals surface area contributed by atoms with Crippen LogP contribution in [0, 0.1) is 0 Å². The Labute approximate surface area is 86.2 Å². The van der Waals surface area contributed by atoms with E-state index in [2.05, 4.69) is 10.5 Å². The van der Waals surface area contributed by atoms with Gasteiger partial charge < -0.3 is 5.11 Å². The highest BCUT2D eigenvalue weighted by Gasteiger charge is 2.00. The molecule has 0 spiro atoms. The van der Waals surface area contributed by atoms with Crippen molar-refractivity contribution in [3.8, 4) is 0 Å². The van der Waals surface area contributed by atoms with Crippen LogP contribution >= 0.6 is 11.6 Å². The number of carboxylic acids is 1. The summed E-state index contributed by atoms with van der Waals surface area (Å²) in [4.78, 5) is 10.4. The lowest BCUT2D eigenvalue weighted by molar-refractivity contribution is -0.129. The molecule has 0 aliphatic carbocycles. The minimum atomic E-state index is -1.05. The van der Waals surface area contributed by atoms with Crippen molar-refractivity contribution >= 4 is 29.0 Å². The highest BCUT2D eigenvalue weighted by molar-refractivity contribution is 6.34. The van der Waals surface area contributed by atoms with Gasteiger partial charge in [-0.2, -0.15) is 5.10 Å². The number of hydrazone groups is 1. The lowest BCUT2D eigenvalue weighted by atomic mass is 10.3. The Bertz CT molecular complexity index is 360. The van der Waals surface area contributed by atoms with E-state index in [4.69, 9.17) is 16.7 Å². The van der Waals surface area contributed by atoms with E-state index in [-0.39, 0.29) is 5.71 Å². The molecule has 1 aromatic rings. The van der Waals surface area contributed by atoms with Crippen LogP contribution in [0.4, 0.5) is 5.69 Å². The molecule has 0 aliphatic heterocycles. The highest BCUT2D eigenvalue weighted by Crippen LogP contribution is 2.13. The Hall–Kier alpha value is -1.55. The Morgan fingerprint density at radius 3 is 2.50 bits per heavy atom. The molecule has 5 heteroatoms. The van der Waals surface area contributed by atoms with Crippen molar-refractivity contribution in [3.63, 3.8) is 0 Å². The minimum Gasteiger partial charge on any atom is -0.477 e. The molecule has 1 rings (SSSR count). The number of anilines is 1. The SMILES string of the molecule is C/C(=N/Nc1ccc(Cl)cc1)C(=O)O. The van der Waals surface area contributed by atoms with Gasteiger partial charge in [0.1, 0.15) is 5.71 Å². The molecular weight excluding hydrogens is 204 g/mol. The van der Waals surface area contributed by atoms with Gasteiger partial charge in [0.05, 0.1) is 5.69 Å². The van der Waals surface area contributed by atoms with Gasteiger partial charge in [-0.25, -0.2) is 4.79 Å². The Morgan fingerprint density at radius 2 is 2.00 bits per heavy atom. The predicted molar refractivity (Wildman–Crippen MR) is 55.8 cm³/mol. The van der Waals surface area contributed by atoms with Crippen LogP contribution in [-0.4, -0.2) is 16.8 Å². The van der Waals surface area contributed by atoms with Crippen molar-refractivity contribution in [2.45, 2.75) is 6.92 Å². The molecule has 2 N–H and O–H groups in total. The highest BCUT2D eigenvalue weighted by atomic mass is 35.5. The summed E-state index contributed by atoms with van der Waals surface area (Å²) in [5.74, 6) is -1.05. The molecule has 1 aromatic carbocycles. The first kappa shape index (κ1) is 10.5. The van der Waals surface area contributed by atoms with Gasteiger partial charge in [0, 0.05) is 5.02 Å². The molecule has 0 saturated heterocycles. The summed E-state index contributed by atoms with van der Waals surface area (Å²) in [6.07, 6.45) is 0. The quantitative estimate of drug-likeness (QED) is 0.597. The molecule has 0 fully saturated rings. The molecule has 0 atom stereocenters. The number of rotatable bonds is 3. The number of carbonyl (C=O) groups is 1. The molecule has 0 aliphatic rings. The topological polar surface area (TPSA) is 61.7 Å². The summed E-state index contributed by atoms with van der Waals surface area (Å²) in [5, 5.41) is 12.8. The van der Waals surface area contributed by atoms with E-state index in [0.717, 1.165) is 0 Å². The zero-order valence-electron chi connectivity index (χ0n) is 7.49. The first-order valence-corrected chi connectivity index (χ1v) is 4.26. The lowest BCUT2D eigenvalue weighted by Crippen LogP contribution is -2.10. The second-order valence-corrected chi connectivity index (χ2v) is 3.06. The van der Waals surface area contributed by atoms with E-state index in [1.54, 1.807) is 24.3 Å². The minimum absolute atomic E-state index is 0.0000463. The van der Waals surface area contributed by atoms with E-state index in [9.17, 15) is 4.79 Å². The maximum atomic E-state index is 10.4. The standard InChI is InChI=1S/C9H9ClN2O2/c1-6(9(13)14)11-12-8-4-2-7(10)3-5-8/h2-5,12H,1H3,(H,13,14)/b11-6-.